The van der Waals surface area contributed by atoms with Gasteiger partial charge in [-0.05, 0) is 42.0 Å². The first-order chi connectivity index (χ1) is 10.7. The molecule has 1 aromatic carbocycles. The molecule has 1 atom stereocenters. The summed E-state index contributed by atoms with van der Waals surface area (Å²) in [4.78, 5) is 13.0. The zero-order valence-electron chi connectivity index (χ0n) is 12.6. The Morgan fingerprint density at radius 1 is 1.41 bits per heavy atom. The van der Waals surface area contributed by atoms with Crippen LogP contribution in [-0.2, 0) is 12.8 Å². The smallest absolute Gasteiger partial charge is 0.315 e. The Morgan fingerprint density at radius 3 is 3.14 bits per heavy atom. The Balaban J connectivity index is 1.44. The third-order valence-corrected chi connectivity index (χ3v) is 4.83. The van der Waals surface area contributed by atoms with Crippen LogP contribution in [0.3, 0.4) is 0 Å². The van der Waals surface area contributed by atoms with E-state index in [1.54, 1.807) is 11.3 Å². The molecule has 1 aliphatic rings. The molecular weight excluding hydrogens is 296 g/mol. The Kier molecular flexibility index (Phi) is 4.63. The molecule has 0 fully saturated rings. The van der Waals surface area contributed by atoms with Crippen LogP contribution in [-0.4, -0.2) is 19.2 Å². The second kappa shape index (κ2) is 6.83. The zero-order chi connectivity index (χ0) is 15.4. The molecule has 2 heterocycles. The number of carbonyl (C=O) groups is 1. The lowest BCUT2D eigenvalue weighted by Gasteiger charge is -2.13. The van der Waals surface area contributed by atoms with Crippen molar-refractivity contribution in [3.05, 3.63) is 51.7 Å². The minimum Gasteiger partial charge on any atom is -0.493 e. The van der Waals surface area contributed by atoms with Crippen molar-refractivity contribution < 1.29 is 9.53 Å². The number of ether oxygens (including phenoxy) is 1. The van der Waals surface area contributed by atoms with Crippen molar-refractivity contribution in [1.29, 1.82) is 0 Å². The van der Waals surface area contributed by atoms with Crippen LogP contribution in [0, 0.1) is 0 Å². The molecule has 0 radical (unpaired) electrons. The average molecular weight is 316 g/mol. The van der Waals surface area contributed by atoms with Crippen LogP contribution in [0.1, 0.15) is 29.0 Å². The highest BCUT2D eigenvalue weighted by molar-refractivity contribution is 7.10. The standard InChI is InChI=1S/C17H20N2O2S/c1-12(16-3-2-10-22-16)19-17(20)18-8-6-13-4-5-15-14(11-13)7-9-21-15/h2-5,10-12H,6-9H2,1H3,(H2,18,19,20). The third kappa shape index (κ3) is 3.60. The number of amides is 2. The molecule has 4 nitrogen and oxygen atoms in total. The summed E-state index contributed by atoms with van der Waals surface area (Å²) < 4.78 is 5.50. The predicted octanol–water partition coefficient (Wildman–Crippen LogP) is 3.29. The lowest BCUT2D eigenvalue weighted by atomic mass is 10.1. The van der Waals surface area contributed by atoms with E-state index in [0.717, 1.165) is 30.1 Å². The molecule has 1 aliphatic heterocycles. The summed E-state index contributed by atoms with van der Waals surface area (Å²) in [5.74, 6) is 0.999. The Bertz CT molecular complexity index is 640. The van der Waals surface area contributed by atoms with Gasteiger partial charge >= 0.3 is 6.03 Å². The van der Waals surface area contributed by atoms with Crippen LogP contribution in [0.4, 0.5) is 4.79 Å². The molecule has 0 bridgehead atoms. The summed E-state index contributed by atoms with van der Waals surface area (Å²) in [6.45, 7) is 3.40. The number of rotatable bonds is 5. The van der Waals surface area contributed by atoms with Gasteiger partial charge in [0.2, 0.25) is 0 Å². The fourth-order valence-electron chi connectivity index (χ4n) is 2.57. The van der Waals surface area contributed by atoms with Crippen molar-refractivity contribution in [2.24, 2.45) is 0 Å². The number of carbonyl (C=O) groups excluding carboxylic acids is 1. The van der Waals surface area contributed by atoms with Crippen LogP contribution >= 0.6 is 11.3 Å². The van der Waals surface area contributed by atoms with Gasteiger partial charge in [0, 0.05) is 17.8 Å². The van der Waals surface area contributed by atoms with Crippen molar-refractivity contribution >= 4 is 17.4 Å². The van der Waals surface area contributed by atoms with Crippen molar-refractivity contribution in [3.63, 3.8) is 0 Å². The minimum absolute atomic E-state index is 0.0390. The number of nitrogens with one attached hydrogen (secondary N) is 2. The Hall–Kier alpha value is -2.01. The topological polar surface area (TPSA) is 50.4 Å². The molecule has 0 spiro atoms. The fourth-order valence-corrected chi connectivity index (χ4v) is 3.31. The van der Waals surface area contributed by atoms with Gasteiger partial charge in [-0.1, -0.05) is 18.2 Å². The summed E-state index contributed by atoms with van der Waals surface area (Å²) >= 11 is 1.65. The SMILES string of the molecule is CC(NC(=O)NCCc1ccc2c(c1)CCO2)c1cccs1. The van der Waals surface area contributed by atoms with E-state index in [0.29, 0.717) is 6.54 Å². The van der Waals surface area contributed by atoms with E-state index < -0.39 is 0 Å². The zero-order valence-corrected chi connectivity index (χ0v) is 13.4. The van der Waals surface area contributed by atoms with Gasteiger partial charge in [-0.15, -0.1) is 11.3 Å². The number of thiophene rings is 1. The third-order valence-electron chi connectivity index (χ3n) is 3.77. The van der Waals surface area contributed by atoms with Gasteiger partial charge in [0.1, 0.15) is 5.75 Å². The highest BCUT2D eigenvalue weighted by atomic mass is 32.1. The normalized spacial score (nSPS) is 14.0. The van der Waals surface area contributed by atoms with Crippen LogP contribution in [0.15, 0.2) is 35.7 Å². The molecule has 0 aliphatic carbocycles. The molecule has 3 rings (SSSR count). The summed E-state index contributed by atoms with van der Waals surface area (Å²) in [7, 11) is 0. The Labute approximate surface area is 134 Å². The first-order valence-corrected chi connectivity index (χ1v) is 8.43. The lowest BCUT2D eigenvalue weighted by Crippen LogP contribution is -2.37. The molecule has 0 saturated heterocycles. The van der Waals surface area contributed by atoms with E-state index in [2.05, 4.69) is 22.8 Å². The van der Waals surface area contributed by atoms with E-state index in [1.165, 1.54) is 11.1 Å². The van der Waals surface area contributed by atoms with E-state index in [1.807, 2.05) is 30.5 Å². The summed E-state index contributed by atoms with van der Waals surface area (Å²) in [5.41, 5.74) is 2.50. The number of hydrogen-bond acceptors (Lipinski definition) is 3. The molecule has 1 unspecified atom stereocenters. The quantitative estimate of drug-likeness (QED) is 0.889. The van der Waals surface area contributed by atoms with E-state index >= 15 is 0 Å². The maximum atomic E-state index is 11.9. The number of fused-ring (bicyclic) bond motifs is 1. The van der Waals surface area contributed by atoms with Gasteiger partial charge in [-0.25, -0.2) is 4.79 Å². The second-order valence-electron chi connectivity index (χ2n) is 5.43. The van der Waals surface area contributed by atoms with Gasteiger partial charge in [-0.2, -0.15) is 0 Å². The largest absolute Gasteiger partial charge is 0.493 e. The molecular formula is C17H20N2O2S. The maximum absolute atomic E-state index is 11.9. The van der Waals surface area contributed by atoms with Crippen LogP contribution < -0.4 is 15.4 Å². The molecule has 0 saturated carbocycles. The minimum atomic E-state index is -0.120. The van der Waals surface area contributed by atoms with Crippen molar-refractivity contribution in [2.75, 3.05) is 13.2 Å². The summed E-state index contributed by atoms with van der Waals surface area (Å²) in [6, 6.07) is 10.2. The highest BCUT2D eigenvalue weighted by Gasteiger charge is 2.12. The van der Waals surface area contributed by atoms with Crippen molar-refractivity contribution in [3.8, 4) is 5.75 Å². The molecule has 22 heavy (non-hydrogen) atoms. The molecule has 1 aromatic heterocycles. The van der Waals surface area contributed by atoms with Crippen LogP contribution in [0.5, 0.6) is 5.75 Å². The number of benzene rings is 1. The average Bonchev–Trinajstić information content (AvgIpc) is 3.18. The van der Waals surface area contributed by atoms with Gasteiger partial charge < -0.3 is 15.4 Å². The van der Waals surface area contributed by atoms with Crippen molar-refractivity contribution in [2.45, 2.75) is 25.8 Å². The second-order valence-corrected chi connectivity index (χ2v) is 6.41. The van der Waals surface area contributed by atoms with Gasteiger partial charge in [0.25, 0.3) is 0 Å². The molecule has 2 N–H and O–H groups in total. The monoisotopic (exact) mass is 316 g/mol. The highest BCUT2D eigenvalue weighted by Crippen LogP contribution is 2.25. The molecule has 2 amide bonds. The lowest BCUT2D eigenvalue weighted by molar-refractivity contribution is 0.238. The summed E-state index contributed by atoms with van der Waals surface area (Å²) in [6.07, 6.45) is 1.81. The molecule has 116 valence electrons. The van der Waals surface area contributed by atoms with E-state index in [4.69, 9.17) is 4.74 Å². The van der Waals surface area contributed by atoms with Gasteiger partial charge in [0.05, 0.1) is 12.6 Å². The molecule has 2 aromatic rings. The fraction of sp³-hybridized carbons (Fsp3) is 0.353. The van der Waals surface area contributed by atoms with Crippen LogP contribution in [0.25, 0.3) is 0 Å². The molecule has 5 heteroatoms. The number of urea groups is 1. The van der Waals surface area contributed by atoms with E-state index in [-0.39, 0.29) is 12.1 Å². The maximum Gasteiger partial charge on any atom is 0.315 e. The predicted molar refractivity (Wildman–Crippen MR) is 88.6 cm³/mol. The first-order valence-electron chi connectivity index (χ1n) is 7.55. The first kappa shape index (κ1) is 14.9. The summed E-state index contributed by atoms with van der Waals surface area (Å²) in [5, 5.41) is 7.88. The van der Waals surface area contributed by atoms with Crippen LogP contribution in [0.2, 0.25) is 0 Å². The van der Waals surface area contributed by atoms with E-state index in [9.17, 15) is 4.79 Å². The van der Waals surface area contributed by atoms with Gasteiger partial charge in [0.15, 0.2) is 0 Å². The van der Waals surface area contributed by atoms with Gasteiger partial charge in [-0.3, -0.25) is 0 Å². The van der Waals surface area contributed by atoms with Crippen molar-refractivity contribution in [1.82, 2.24) is 10.6 Å². The number of hydrogen-bond donors (Lipinski definition) is 2. The Morgan fingerprint density at radius 2 is 2.32 bits per heavy atom.